The van der Waals surface area contributed by atoms with E-state index in [2.05, 4.69) is 5.32 Å². The first-order valence-corrected chi connectivity index (χ1v) is 15.9. The third-order valence-electron chi connectivity index (χ3n) is 7.07. The Kier molecular flexibility index (Phi) is 10.6. The van der Waals surface area contributed by atoms with Crippen molar-refractivity contribution in [3.8, 4) is 0 Å². The van der Waals surface area contributed by atoms with Gasteiger partial charge in [-0.25, -0.2) is 8.42 Å². The lowest BCUT2D eigenvalue weighted by Crippen LogP contribution is -2.53. The van der Waals surface area contributed by atoms with Crippen LogP contribution in [0.5, 0.6) is 0 Å². The van der Waals surface area contributed by atoms with Gasteiger partial charge in [-0.05, 0) is 56.2 Å². The molecule has 0 aromatic heterocycles. The topological polar surface area (TPSA) is 86.8 Å². The fourth-order valence-corrected chi connectivity index (χ4v) is 6.58. The second kappa shape index (κ2) is 14.4. The monoisotopic (exact) mass is 617 g/mol. The number of rotatable bonds is 12. The molecule has 4 aromatic carbocycles. The number of carbonyl (C=O) groups is 2. The predicted octanol–water partition coefficient (Wildman–Crippen LogP) is 5.93. The normalized spacial score (nSPS) is 11.9. The minimum atomic E-state index is -4.22. The van der Waals surface area contributed by atoms with E-state index in [1.54, 1.807) is 36.4 Å². The van der Waals surface area contributed by atoms with Crippen molar-refractivity contribution in [3.63, 3.8) is 0 Å². The number of nitrogens with one attached hydrogen (secondary N) is 1. The molecule has 0 unspecified atom stereocenters. The largest absolute Gasteiger partial charge is 0.355 e. The summed E-state index contributed by atoms with van der Waals surface area (Å²) < 4.78 is 29.2. The van der Waals surface area contributed by atoms with Gasteiger partial charge in [-0.1, -0.05) is 102 Å². The van der Waals surface area contributed by atoms with E-state index < -0.39 is 28.5 Å². The molecule has 4 aromatic rings. The number of hydrogen-bond acceptors (Lipinski definition) is 4. The highest BCUT2D eigenvalue weighted by Crippen LogP contribution is 2.31. The van der Waals surface area contributed by atoms with Crippen molar-refractivity contribution >= 4 is 39.1 Å². The molecular weight excluding hydrogens is 582 g/mol. The number of amides is 2. The van der Waals surface area contributed by atoms with Gasteiger partial charge in [0.2, 0.25) is 11.8 Å². The summed E-state index contributed by atoms with van der Waals surface area (Å²) >= 11 is 6.51. The Morgan fingerprint density at radius 1 is 0.814 bits per heavy atom. The van der Waals surface area contributed by atoms with E-state index in [9.17, 15) is 18.0 Å². The Morgan fingerprint density at radius 3 is 2.12 bits per heavy atom. The molecule has 2 amide bonds. The van der Waals surface area contributed by atoms with Gasteiger partial charge in [0.25, 0.3) is 10.0 Å². The number of sulfonamides is 1. The first-order chi connectivity index (χ1) is 20.6. The fourth-order valence-electron chi connectivity index (χ4n) is 4.86. The van der Waals surface area contributed by atoms with E-state index in [-0.39, 0.29) is 34.5 Å². The SMILES string of the molecule is CCNC(=O)[C@@H](Cc1ccccc1)N(Cc1cccc(C)c1)C(=O)CN(c1ccccc1Cl)S(=O)(=O)c1ccc(C)cc1. The van der Waals surface area contributed by atoms with Crippen LogP contribution in [0.3, 0.4) is 0 Å². The van der Waals surface area contributed by atoms with Gasteiger partial charge in [-0.2, -0.15) is 0 Å². The van der Waals surface area contributed by atoms with E-state index >= 15 is 0 Å². The van der Waals surface area contributed by atoms with E-state index in [1.807, 2.05) is 75.4 Å². The Hall–Kier alpha value is -4.14. The van der Waals surface area contributed by atoms with Crippen LogP contribution >= 0.6 is 11.6 Å². The highest BCUT2D eigenvalue weighted by atomic mass is 35.5. The van der Waals surface area contributed by atoms with E-state index in [0.29, 0.717) is 6.54 Å². The van der Waals surface area contributed by atoms with Crippen molar-refractivity contribution in [1.29, 1.82) is 0 Å². The molecule has 0 saturated carbocycles. The van der Waals surface area contributed by atoms with Crippen molar-refractivity contribution in [2.45, 2.75) is 44.7 Å². The smallest absolute Gasteiger partial charge is 0.264 e. The van der Waals surface area contributed by atoms with Gasteiger partial charge in [0.1, 0.15) is 12.6 Å². The van der Waals surface area contributed by atoms with Crippen molar-refractivity contribution in [3.05, 3.63) is 130 Å². The van der Waals surface area contributed by atoms with Crippen molar-refractivity contribution in [2.24, 2.45) is 0 Å². The molecule has 43 heavy (non-hydrogen) atoms. The van der Waals surface area contributed by atoms with Crippen LogP contribution in [-0.2, 0) is 32.6 Å². The molecule has 0 radical (unpaired) electrons. The summed E-state index contributed by atoms with van der Waals surface area (Å²) in [5.41, 5.74) is 3.76. The summed E-state index contributed by atoms with van der Waals surface area (Å²) in [6, 6.07) is 29.2. The molecule has 0 aliphatic heterocycles. The molecule has 0 heterocycles. The number of hydrogen-bond donors (Lipinski definition) is 1. The van der Waals surface area contributed by atoms with Crippen LogP contribution in [-0.4, -0.2) is 44.3 Å². The van der Waals surface area contributed by atoms with Crippen LogP contribution < -0.4 is 9.62 Å². The average molecular weight is 618 g/mol. The summed E-state index contributed by atoms with van der Waals surface area (Å²) in [5.74, 6) is -0.859. The number of nitrogens with zero attached hydrogens (tertiary/aromatic N) is 2. The van der Waals surface area contributed by atoms with Gasteiger partial charge in [0.05, 0.1) is 15.6 Å². The first-order valence-electron chi connectivity index (χ1n) is 14.1. The third-order valence-corrected chi connectivity index (χ3v) is 9.16. The molecule has 0 saturated heterocycles. The summed E-state index contributed by atoms with van der Waals surface area (Å²) in [5, 5.41) is 3.05. The first kappa shape index (κ1) is 31.8. The third kappa shape index (κ3) is 8.03. The molecule has 1 N–H and O–H groups in total. The molecule has 0 aliphatic carbocycles. The Morgan fingerprint density at radius 2 is 1.47 bits per heavy atom. The fraction of sp³-hybridized carbons (Fsp3) is 0.235. The number of benzene rings is 4. The van der Waals surface area contributed by atoms with Crippen molar-refractivity contribution in [1.82, 2.24) is 10.2 Å². The van der Waals surface area contributed by atoms with Gasteiger partial charge in [-0.15, -0.1) is 0 Å². The van der Waals surface area contributed by atoms with Crippen molar-refractivity contribution < 1.29 is 18.0 Å². The number of carbonyl (C=O) groups excluding carboxylic acids is 2. The number of halogens is 1. The lowest BCUT2D eigenvalue weighted by atomic mass is 10.0. The molecule has 0 fully saturated rings. The Bertz CT molecular complexity index is 1660. The van der Waals surface area contributed by atoms with Crippen LogP contribution in [0, 0.1) is 13.8 Å². The minimum absolute atomic E-state index is 0.0283. The molecule has 7 nitrogen and oxygen atoms in total. The minimum Gasteiger partial charge on any atom is -0.355 e. The van der Waals surface area contributed by atoms with Gasteiger partial charge in [0.15, 0.2) is 0 Å². The number of aryl methyl sites for hydroxylation is 2. The van der Waals surface area contributed by atoms with Gasteiger partial charge < -0.3 is 10.2 Å². The average Bonchev–Trinajstić information content (AvgIpc) is 2.99. The highest BCUT2D eigenvalue weighted by molar-refractivity contribution is 7.92. The van der Waals surface area contributed by atoms with Gasteiger partial charge >= 0.3 is 0 Å². The second-order valence-electron chi connectivity index (χ2n) is 10.4. The zero-order valence-corrected chi connectivity index (χ0v) is 26.1. The quantitative estimate of drug-likeness (QED) is 0.214. The summed E-state index contributed by atoms with van der Waals surface area (Å²) in [7, 11) is -4.22. The van der Waals surface area contributed by atoms with E-state index in [4.69, 9.17) is 11.6 Å². The molecule has 224 valence electrons. The standard InChI is InChI=1S/C34H36ClN3O4S/c1-4-36-34(40)32(22-27-12-6-5-7-13-27)37(23-28-14-10-11-26(3)21-28)33(39)24-38(31-16-9-8-15-30(31)35)43(41,42)29-19-17-25(2)18-20-29/h5-21,32H,4,22-24H2,1-3H3,(H,36,40)/t32-/m1/s1. The maximum atomic E-state index is 14.4. The molecule has 4 rings (SSSR count). The Labute approximate surface area is 259 Å². The number of anilines is 1. The second-order valence-corrected chi connectivity index (χ2v) is 12.7. The molecule has 0 spiro atoms. The van der Waals surface area contributed by atoms with Gasteiger partial charge in [-0.3, -0.25) is 13.9 Å². The number of likely N-dealkylation sites (N-methyl/N-ethyl adjacent to an activating group) is 1. The van der Waals surface area contributed by atoms with Crippen molar-refractivity contribution in [2.75, 3.05) is 17.4 Å². The van der Waals surface area contributed by atoms with Crippen LogP contribution in [0.25, 0.3) is 0 Å². The maximum Gasteiger partial charge on any atom is 0.264 e. The van der Waals surface area contributed by atoms with Crippen LogP contribution in [0.2, 0.25) is 5.02 Å². The molecule has 1 atom stereocenters. The predicted molar refractivity (Wildman–Crippen MR) is 172 cm³/mol. The van der Waals surface area contributed by atoms with Gasteiger partial charge in [0, 0.05) is 19.5 Å². The summed E-state index contributed by atoms with van der Waals surface area (Å²) in [4.78, 5) is 29.5. The molecule has 9 heteroatoms. The number of para-hydroxylation sites is 1. The van der Waals surface area contributed by atoms with Crippen LogP contribution in [0.15, 0.2) is 108 Å². The summed E-state index contributed by atoms with van der Waals surface area (Å²) in [6.45, 7) is 5.56. The lowest BCUT2D eigenvalue weighted by molar-refractivity contribution is -0.140. The highest BCUT2D eigenvalue weighted by Gasteiger charge is 2.35. The molecular formula is C34H36ClN3O4S. The van der Waals surface area contributed by atoms with Crippen LogP contribution in [0.4, 0.5) is 5.69 Å². The zero-order valence-electron chi connectivity index (χ0n) is 24.5. The lowest BCUT2D eigenvalue weighted by Gasteiger charge is -2.34. The maximum absolute atomic E-state index is 14.4. The molecule has 0 aliphatic rings. The molecule has 0 bridgehead atoms. The zero-order chi connectivity index (χ0) is 31.0. The van der Waals surface area contributed by atoms with E-state index in [1.165, 1.54) is 17.0 Å². The van der Waals surface area contributed by atoms with Crippen LogP contribution in [0.1, 0.15) is 29.2 Å². The Balaban J connectivity index is 1.80. The van der Waals surface area contributed by atoms with E-state index in [0.717, 1.165) is 26.6 Å². The summed E-state index contributed by atoms with van der Waals surface area (Å²) in [6.07, 6.45) is 0.251.